The highest BCUT2D eigenvalue weighted by Crippen LogP contribution is 2.37. The Labute approximate surface area is 231 Å². The number of benzene rings is 1. The molecule has 0 radical (unpaired) electrons. The fourth-order valence-corrected chi connectivity index (χ4v) is 4.57. The monoisotopic (exact) mass is 554 g/mol. The van der Waals surface area contributed by atoms with Crippen molar-refractivity contribution in [3.05, 3.63) is 30.1 Å². The minimum absolute atomic E-state index is 0.164. The molecule has 0 saturated carbocycles. The van der Waals surface area contributed by atoms with Crippen molar-refractivity contribution < 1.29 is 28.5 Å². The topological polar surface area (TPSA) is 146 Å². The molecule has 14 heteroatoms. The van der Waals surface area contributed by atoms with E-state index in [-0.39, 0.29) is 11.4 Å². The highest BCUT2D eigenvalue weighted by atomic mass is 16.6. The average molecular weight is 555 g/mol. The van der Waals surface area contributed by atoms with Gasteiger partial charge >= 0.3 is 6.09 Å². The molecule has 40 heavy (non-hydrogen) atoms. The number of carbonyl (C=O) groups excluding carboxylic acids is 1. The number of hydrogen-bond acceptors (Lipinski definition) is 12. The molecule has 5 rings (SSSR count). The van der Waals surface area contributed by atoms with Crippen LogP contribution in [0.2, 0.25) is 0 Å². The van der Waals surface area contributed by atoms with Gasteiger partial charge in [-0.25, -0.2) is 19.7 Å². The Morgan fingerprint density at radius 2 is 1.98 bits per heavy atom. The number of nitrogens with one attached hydrogen (secondary N) is 2. The number of rotatable bonds is 11. The zero-order valence-corrected chi connectivity index (χ0v) is 22.7. The second-order valence-corrected chi connectivity index (χ2v) is 9.13. The van der Waals surface area contributed by atoms with E-state index in [0.717, 1.165) is 50.5 Å². The number of methoxy groups -OCH3 is 2. The maximum atomic E-state index is 12.7. The lowest BCUT2D eigenvalue weighted by atomic mass is 10.2. The van der Waals surface area contributed by atoms with Gasteiger partial charge in [0.15, 0.2) is 17.2 Å². The number of amides is 1. The maximum absolute atomic E-state index is 12.7. The van der Waals surface area contributed by atoms with E-state index in [2.05, 4.69) is 30.5 Å². The maximum Gasteiger partial charge on any atom is 0.442 e. The van der Waals surface area contributed by atoms with Gasteiger partial charge in [-0.1, -0.05) is 0 Å². The molecule has 0 spiro atoms. The zero-order valence-electron chi connectivity index (χ0n) is 22.7. The van der Waals surface area contributed by atoms with Crippen LogP contribution in [0, 0.1) is 0 Å². The summed E-state index contributed by atoms with van der Waals surface area (Å²) in [5.41, 5.74) is 0.731. The van der Waals surface area contributed by atoms with E-state index in [9.17, 15) is 4.79 Å². The molecule has 2 aliphatic rings. The Hall–Kier alpha value is -4.01. The molecule has 0 unspecified atom stereocenters. The summed E-state index contributed by atoms with van der Waals surface area (Å²) in [5, 5.41) is 7.19. The molecule has 14 nitrogen and oxygen atoms in total. The molecular weight excluding hydrogens is 520 g/mol. The van der Waals surface area contributed by atoms with Gasteiger partial charge in [-0.05, 0) is 18.6 Å². The van der Waals surface area contributed by atoms with Gasteiger partial charge < -0.3 is 34.3 Å². The quantitative estimate of drug-likeness (QED) is 0.331. The summed E-state index contributed by atoms with van der Waals surface area (Å²) >= 11 is 0. The molecule has 1 amide bonds. The van der Waals surface area contributed by atoms with Crippen LogP contribution < -0.4 is 30.5 Å². The SMILES string of the molecule is COCCNc1ncc(OC(=O)N=c2nc3c(OC)c(OCCCN4CCOCC4)ccc3c3n2CCN3)cn1. The Morgan fingerprint density at radius 1 is 1.15 bits per heavy atom. The molecule has 2 N–H and O–H groups in total. The molecule has 1 saturated heterocycles. The van der Waals surface area contributed by atoms with E-state index in [1.54, 1.807) is 14.2 Å². The lowest BCUT2D eigenvalue weighted by Crippen LogP contribution is -2.37. The van der Waals surface area contributed by atoms with Gasteiger partial charge in [0.2, 0.25) is 11.6 Å². The summed E-state index contributed by atoms with van der Waals surface area (Å²) in [6.07, 6.45) is 2.82. The first-order valence-electron chi connectivity index (χ1n) is 13.3. The third kappa shape index (κ3) is 6.58. The molecule has 214 valence electrons. The molecule has 0 atom stereocenters. The van der Waals surface area contributed by atoms with Crippen LogP contribution in [-0.4, -0.2) is 104 Å². The minimum Gasteiger partial charge on any atom is -0.491 e. The van der Waals surface area contributed by atoms with Crippen LogP contribution in [0.5, 0.6) is 17.2 Å². The van der Waals surface area contributed by atoms with Crippen molar-refractivity contribution in [1.29, 1.82) is 0 Å². The summed E-state index contributed by atoms with van der Waals surface area (Å²) in [7, 11) is 3.18. The molecule has 0 bridgehead atoms. The predicted molar refractivity (Wildman–Crippen MR) is 146 cm³/mol. The number of anilines is 2. The second-order valence-electron chi connectivity index (χ2n) is 9.13. The standard InChI is InChI=1S/C26H34N8O6/c1-36-13-7-28-24-29-16-18(17-30-24)40-26(35)32-25-31-21-19(23-27-6-9-34(23)25)4-5-20(22(21)37-2)39-12-3-8-33-10-14-38-15-11-33/h4-5,16-17,27H,3,6-15H2,1-2H3,(H,28,29,30). The summed E-state index contributed by atoms with van der Waals surface area (Å²) in [6, 6.07) is 3.82. The number of ether oxygens (including phenoxy) is 5. The van der Waals surface area contributed by atoms with E-state index < -0.39 is 6.09 Å². The Kier molecular flexibility index (Phi) is 9.21. The van der Waals surface area contributed by atoms with Crippen LogP contribution in [-0.2, 0) is 16.0 Å². The highest BCUT2D eigenvalue weighted by Gasteiger charge is 2.21. The summed E-state index contributed by atoms with van der Waals surface area (Å²) in [5.74, 6) is 2.42. The van der Waals surface area contributed by atoms with Gasteiger partial charge in [0.1, 0.15) is 11.3 Å². The van der Waals surface area contributed by atoms with Crippen molar-refractivity contribution in [2.75, 3.05) is 84.0 Å². The van der Waals surface area contributed by atoms with Crippen LogP contribution in [0.3, 0.4) is 0 Å². The first-order valence-corrected chi connectivity index (χ1v) is 13.3. The van der Waals surface area contributed by atoms with Crippen LogP contribution in [0.15, 0.2) is 29.5 Å². The van der Waals surface area contributed by atoms with Crippen molar-refractivity contribution in [2.24, 2.45) is 4.99 Å². The third-order valence-electron chi connectivity index (χ3n) is 6.50. The van der Waals surface area contributed by atoms with E-state index in [0.29, 0.717) is 55.8 Å². The molecule has 4 heterocycles. The van der Waals surface area contributed by atoms with Crippen molar-refractivity contribution in [1.82, 2.24) is 24.4 Å². The number of carbonyl (C=O) groups is 1. The van der Waals surface area contributed by atoms with Gasteiger partial charge in [-0.2, -0.15) is 0 Å². The molecule has 1 fully saturated rings. The smallest absolute Gasteiger partial charge is 0.442 e. The second kappa shape index (κ2) is 13.4. The lowest BCUT2D eigenvalue weighted by Gasteiger charge is -2.26. The van der Waals surface area contributed by atoms with Gasteiger partial charge in [-0.15, -0.1) is 4.99 Å². The van der Waals surface area contributed by atoms with E-state index in [1.165, 1.54) is 12.4 Å². The Morgan fingerprint density at radius 3 is 2.75 bits per heavy atom. The first-order chi connectivity index (χ1) is 19.7. The first kappa shape index (κ1) is 27.6. The van der Waals surface area contributed by atoms with Crippen LogP contribution >= 0.6 is 0 Å². The van der Waals surface area contributed by atoms with Crippen molar-refractivity contribution in [2.45, 2.75) is 13.0 Å². The van der Waals surface area contributed by atoms with E-state index in [4.69, 9.17) is 28.7 Å². The molecular formula is C26H34N8O6. The number of nitrogens with zero attached hydrogens (tertiary/aromatic N) is 6. The summed E-state index contributed by atoms with van der Waals surface area (Å²) in [4.78, 5) is 32.2. The van der Waals surface area contributed by atoms with Gasteiger partial charge in [0.05, 0.1) is 45.9 Å². The van der Waals surface area contributed by atoms with Crippen LogP contribution in [0.1, 0.15) is 6.42 Å². The summed E-state index contributed by atoms with van der Waals surface area (Å²) < 4.78 is 29.4. The Bertz CT molecular complexity index is 1370. The van der Waals surface area contributed by atoms with Gasteiger partial charge in [0, 0.05) is 51.8 Å². The normalized spacial score (nSPS) is 15.5. The highest BCUT2D eigenvalue weighted by molar-refractivity contribution is 5.95. The molecule has 0 aliphatic carbocycles. The zero-order chi connectivity index (χ0) is 27.7. The number of hydrogen-bond donors (Lipinski definition) is 2. The summed E-state index contributed by atoms with van der Waals surface area (Å²) in [6.45, 7) is 7.24. The fraction of sp³-hybridized carbons (Fsp3) is 0.500. The number of fused-ring (bicyclic) bond motifs is 3. The third-order valence-corrected chi connectivity index (χ3v) is 6.50. The van der Waals surface area contributed by atoms with E-state index in [1.807, 2.05) is 16.7 Å². The lowest BCUT2D eigenvalue weighted by molar-refractivity contribution is 0.0357. The molecule has 1 aromatic carbocycles. The number of aromatic nitrogens is 4. The molecule has 2 aromatic heterocycles. The molecule has 2 aliphatic heterocycles. The van der Waals surface area contributed by atoms with Crippen LogP contribution in [0.25, 0.3) is 10.9 Å². The number of morpholine rings is 1. The van der Waals surface area contributed by atoms with Crippen LogP contribution in [0.4, 0.5) is 16.6 Å². The van der Waals surface area contributed by atoms with E-state index >= 15 is 0 Å². The van der Waals surface area contributed by atoms with Crippen molar-refractivity contribution in [3.8, 4) is 17.2 Å². The largest absolute Gasteiger partial charge is 0.491 e. The fourth-order valence-electron chi connectivity index (χ4n) is 4.57. The predicted octanol–water partition coefficient (Wildman–Crippen LogP) is 1.52. The van der Waals surface area contributed by atoms with Crippen molar-refractivity contribution in [3.63, 3.8) is 0 Å². The van der Waals surface area contributed by atoms with Gasteiger partial charge in [-0.3, -0.25) is 9.47 Å². The van der Waals surface area contributed by atoms with Crippen molar-refractivity contribution >= 4 is 28.8 Å². The minimum atomic E-state index is -0.841. The molecule has 3 aromatic rings. The average Bonchev–Trinajstić information content (AvgIpc) is 3.47. The Balaban J connectivity index is 1.33. The van der Waals surface area contributed by atoms with Gasteiger partial charge in [0.25, 0.3) is 0 Å².